The van der Waals surface area contributed by atoms with Crippen LogP contribution >= 0.6 is 22.9 Å². The van der Waals surface area contributed by atoms with Gasteiger partial charge in [0.25, 0.3) is 5.91 Å². The zero-order valence-electron chi connectivity index (χ0n) is 12.5. The van der Waals surface area contributed by atoms with Crippen LogP contribution in [-0.2, 0) is 0 Å². The Morgan fingerprint density at radius 1 is 1.40 bits per heavy atom. The fourth-order valence-electron chi connectivity index (χ4n) is 2.72. The highest BCUT2D eigenvalue weighted by Gasteiger charge is 2.31. The molecule has 25 heavy (non-hydrogen) atoms. The number of hydrogen-bond acceptors (Lipinski definition) is 4. The fourth-order valence-corrected chi connectivity index (χ4v) is 3.77. The number of aromatic nitrogens is 2. The topological polar surface area (TPSA) is 67.0 Å². The van der Waals surface area contributed by atoms with E-state index in [1.807, 2.05) is 0 Å². The summed E-state index contributed by atoms with van der Waals surface area (Å²) in [6, 6.07) is 4.64. The summed E-state index contributed by atoms with van der Waals surface area (Å²) in [6.45, 7) is 0.0272. The number of ether oxygens (including phenoxy) is 1. The van der Waals surface area contributed by atoms with Crippen molar-refractivity contribution in [2.24, 2.45) is 0 Å². The molecule has 1 aliphatic rings. The summed E-state index contributed by atoms with van der Waals surface area (Å²) in [4.78, 5) is 13.4. The minimum absolute atomic E-state index is 0.0272. The van der Waals surface area contributed by atoms with Gasteiger partial charge in [-0.2, -0.15) is 5.10 Å². The number of hydrogen-bond donors (Lipinski definition) is 2. The number of fused-ring (bicyclic) bond motifs is 1. The first kappa shape index (κ1) is 16.0. The summed E-state index contributed by atoms with van der Waals surface area (Å²) in [5, 5.41) is 9.36. The van der Waals surface area contributed by atoms with Crippen molar-refractivity contribution in [3.63, 3.8) is 0 Å². The van der Waals surface area contributed by atoms with Gasteiger partial charge < -0.3 is 10.1 Å². The highest BCUT2D eigenvalue weighted by molar-refractivity contribution is 7.19. The van der Waals surface area contributed by atoms with E-state index >= 15 is 0 Å². The molecule has 4 rings (SSSR count). The van der Waals surface area contributed by atoms with Crippen molar-refractivity contribution in [3.05, 3.63) is 57.6 Å². The Balaban J connectivity index is 1.61. The van der Waals surface area contributed by atoms with Crippen LogP contribution in [0.25, 0.3) is 10.6 Å². The molecule has 0 saturated carbocycles. The highest BCUT2D eigenvalue weighted by Crippen LogP contribution is 2.36. The number of nitrogens with one attached hydrogen (secondary N) is 2. The summed E-state index contributed by atoms with van der Waals surface area (Å²) in [5.41, 5.74) is 0.960. The lowest BCUT2D eigenvalue weighted by molar-refractivity contribution is 0.0930. The summed E-state index contributed by atoms with van der Waals surface area (Å²) >= 11 is 7.23. The Labute approximate surface area is 149 Å². The predicted octanol–water partition coefficient (Wildman–Crippen LogP) is 3.93. The van der Waals surface area contributed by atoms with E-state index in [0.717, 1.165) is 17.0 Å². The monoisotopic (exact) mass is 381 g/mol. The number of halogens is 3. The van der Waals surface area contributed by atoms with Gasteiger partial charge in [0.15, 0.2) is 0 Å². The number of nitrogens with zero attached hydrogens (tertiary/aromatic N) is 1. The van der Waals surface area contributed by atoms with Crippen LogP contribution in [0.2, 0.25) is 4.34 Å². The Kier molecular flexibility index (Phi) is 3.93. The third-order valence-corrected chi connectivity index (χ3v) is 5.07. The minimum Gasteiger partial charge on any atom is -0.490 e. The summed E-state index contributed by atoms with van der Waals surface area (Å²) < 4.78 is 33.1. The minimum atomic E-state index is -0.754. The van der Waals surface area contributed by atoms with Gasteiger partial charge in [0.1, 0.15) is 24.0 Å². The van der Waals surface area contributed by atoms with E-state index in [-0.39, 0.29) is 17.9 Å². The van der Waals surface area contributed by atoms with Crippen LogP contribution in [0.3, 0.4) is 0 Å². The molecular formula is C16H10ClF2N3O2S. The van der Waals surface area contributed by atoms with E-state index in [9.17, 15) is 13.6 Å². The predicted molar refractivity (Wildman–Crippen MR) is 89.0 cm³/mol. The third-order valence-electron chi connectivity index (χ3n) is 3.82. The Morgan fingerprint density at radius 2 is 2.24 bits per heavy atom. The third kappa shape index (κ3) is 2.87. The van der Waals surface area contributed by atoms with E-state index in [1.54, 1.807) is 12.1 Å². The lowest BCUT2D eigenvalue weighted by Gasteiger charge is -2.12. The SMILES string of the molecule is O=C(NC1COc2cc(F)cc(F)c21)c1cn[nH]c1-c1ccc(Cl)s1. The Bertz CT molecular complexity index is 972. The van der Waals surface area contributed by atoms with Crippen molar-refractivity contribution in [3.8, 4) is 16.3 Å². The zero-order valence-corrected chi connectivity index (χ0v) is 14.0. The summed E-state index contributed by atoms with van der Waals surface area (Å²) in [6.07, 6.45) is 1.38. The normalized spacial score (nSPS) is 15.7. The van der Waals surface area contributed by atoms with Gasteiger partial charge in [-0.15, -0.1) is 11.3 Å². The van der Waals surface area contributed by atoms with Gasteiger partial charge in [0.2, 0.25) is 0 Å². The van der Waals surface area contributed by atoms with Gasteiger partial charge in [-0.25, -0.2) is 8.78 Å². The lowest BCUT2D eigenvalue weighted by Crippen LogP contribution is -2.30. The molecule has 2 N–H and O–H groups in total. The molecule has 3 aromatic rings. The molecule has 5 nitrogen and oxygen atoms in total. The van der Waals surface area contributed by atoms with Crippen LogP contribution in [0.4, 0.5) is 8.78 Å². The molecule has 1 amide bonds. The van der Waals surface area contributed by atoms with Crippen LogP contribution < -0.4 is 10.1 Å². The molecule has 0 fully saturated rings. The maximum absolute atomic E-state index is 14.0. The number of rotatable bonds is 3. The van der Waals surface area contributed by atoms with Gasteiger partial charge in [-0.05, 0) is 12.1 Å². The van der Waals surface area contributed by atoms with E-state index in [2.05, 4.69) is 15.5 Å². The van der Waals surface area contributed by atoms with Crippen molar-refractivity contribution in [1.29, 1.82) is 0 Å². The quantitative estimate of drug-likeness (QED) is 0.722. The largest absolute Gasteiger partial charge is 0.490 e. The van der Waals surface area contributed by atoms with Crippen molar-refractivity contribution in [2.45, 2.75) is 6.04 Å². The number of carbonyl (C=O) groups is 1. The van der Waals surface area contributed by atoms with Gasteiger partial charge in [0, 0.05) is 12.1 Å². The number of benzene rings is 1. The zero-order chi connectivity index (χ0) is 17.6. The first-order valence-electron chi connectivity index (χ1n) is 7.24. The molecule has 1 unspecified atom stereocenters. The van der Waals surface area contributed by atoms with E-state index in [0.29, 0.717) is 15.6 Å². The van der Waals surface area contributed by atoms with Crippen LogP contribution in [-0.4, -0.2) is 22.7 Å². The maximum Gasteiger partial charge on any atom is 0.255 e. The average Bonchev–Trinajstić information content (AvgIpc) is 3.26. The number of aromatic amines is 1. The second-order valence-corrected chi connectivity index (χ2v) is 7.11. The van der Waals surface area contributed by atoms with Gasteiger partial charge in [-0.1, -0.05) is 11.6 Å². The number of H-pyrrole nitrogens is 1. The molecule has 1 aromatic carbocycles. The lowest BCUT2D eigenvalue weighted by atomic mass is 10.1. The molecule has 9 heteroatoms. The standard InChI is InChI=1S/C16H10ClF2N3O2S/c17-13-2-1-12(25-13)15-8(5-20-22-15)16(23)21-10-6-24-11-4-7(18)3-9(19)14(10)11/h1-5,10H,6H2,(H,20,22)(H,21,23). The Morgan fingerprint density at radius 3 is 3.00 bits per heavy atom. The van der Waals surface area contributed by atoms with Crippen molar-refractivity contribution >= 4 is 28.8 Å². The second-order valence-electron chi connectivity index (χ2n) is 5.40. The smallest absolute Gasteiger partial charge is 0.255 e. The molecule has 0 spiro atoms. The molecule has 128 valence electrons. The number of carbonyl (C=O) groups excluding carboxylic acids is 1. The van der Waals surface area contributed by atoms with Crippen molar-refractivity contribution < 1.29 is 18.3 Å². The molecule has 1 atom stereocenters. The second kappa shape index (κ2) is 6.12. The summed E-state index contributed by atoms with van der Waals surface area (Å²) in [7, 11) is 0. The van der Waals surface area contributed by atoms with Crippen molar-refractivity contribution in [2.75, 3.05) is 6.61 Å². The van der Waals surface area contributed by atoms with Gasteiger partial charge in [-0.3, -0.25) is 9.89 Å². The van der Waals surface area contributed by atoms with Crippen molar-refractivity contribution in [1.82, 2.24) is 15.5 Å². The average molecular weight is 382 g/mol. The van der Waals surface area contributed by atoms with Crippen LogP contribution in [0.1, 0.15) is 22.0 Å². The molecular weight excluding hydrogens is 372 g/mol. The maximum atomic E-state index is 14.0. The first-order chi connectivity index (χ1) is 12.0. The molecule has 0 radical (unpaired) electrons. The molecule has 0 saturated heterocycles. The molecule has 0 aliphatic carbocycles. The van der Waals surface area contributed by atoms with Crippen LogP contribution in [0.5, 0.6) is 5.75 Å². The van der Waals surface area contributed by atoms with E-state index in [1.165, 1.54) is 17.5 Å². The molecule has 2 aromatic heterocycles. The number of amides is 1. The number of thiophene rings is 1. The van der Waals surface area contributed by atoms with Gasteiger partial charge in [0.05, 0.1) is 38.3 Å². The summed E-state index contributed by atoms with van der Waals surface area (Å²) in [5.74, 6) is -1.83. The van der Waals surface area contributed by atoms with Crippen LogP contribution in [0, 0.1) is 11.6 Å². The first-order valence-corrected chi connectivity index (χ1v) is 8.44. The molecule has 0 bridgehead atoms. The highest BCUT2D eigenvalue weighted by atomic mass is 35.5. The van der Waals surface area contributed by atoms with Crippen LogP contribution in [0.15, 0.2) is 30.5 Å². The molecule has 3 heterocycles. The van der Waals surface area contributed by atoms with E-state index in [4.69, 9.17) is 16.3 Å². The van der Waals surface area contributed by atoms with E-state index < -0.39 is 23.6 Å². The Hall–Kier alpha value is -2.45. The molecule has 1 aliphatic heterocycles. The van der Waals surface area contributed by atoms with Gasteiger partial charge >= 0.3 is 0 Å². The fraction of sp³-hybridized carbons (Fsp3) is 0.125.